The van der Waals surface area contributed by atoms with Gasteiger partial charge in [0.15, 0.2) is 12.4 Å². The highest BCUT2D eigenvalue weighted by Crippen LogP contribution is 2.29. The van der Waals surface area contributed by atoms with E-state index in [0.29, 0.717) is 31.3 Å². The first kappa shape index (κ1) is 23.2. The van der Waals surface area contributed by atoms with Gasteiger partial charge in [0.1, 0.15) is 10.6 Å². The van der Waals surface area contributed by atoms with Gasteiger partial charge in [-0.2, -0.15) is 9.29 Å². The van der Waals surface area contributed by atoms with Crippen LogP contribution < -0.4 is 4.74 Å². The van der Waals surface area contributed by atoms with Gasteiger partial charge in [-0.15, -0.1) is 0 Å². The summed E-state index contributed by atoms with van der Waals surface area (Å²) in [5.74, 6) is 0.623. The zero-order valence-electron chi connectivity index (χ0n) is 18.2. The molecule has 1 aromatic carbocycles. The fraction of sp³-hybridized carbons (Fsp3) is 0.571. The molecule has 2 heterocycles. The molecule has 0 saturated carbocycles. The molecule has 0 bridgehead atoms. The number of methoxy groups -OCH3 is 1. The Morgan fingerprint density at radius 2 is 1.90 bits per heavy atom. The molecule has 0 N–H and O–H groups in total. The molecule has 3 rings (SSSR count). The molecule has 10 heteroatoms. The van der Waals surface area contributed by atoms with Crippen molar-refractivity contribution in [2.45, 2.75) is 57.5 Å². The van der Waals surface area contributed by atoms with Crippen LogP contribution in [0, 0.1) is 5.92 Å². The number of aromatic nitrogens is 2. The van der Waals surface area contributed by atoms with E-state index in [1.54, 1.807) is 0 Å². The predicted molar refractivity (Wildman–Crippen MR) is 112 cm³/mol. The van der Waals surface area contributed by atoms with E-state index in [-0.39, 0.29) is 28.7 Å². The molecule has 0 radical (unpaired) electrons. The standard InChI is InChI=1S/C21H29N3O6S/c1-15(2)12-19-22-20(30-23-19)14-29-21(25)16-8-9-17(28-3)18(13-16)31(26,27)24-10-6-4-5-7-11-24/h8-9,13,15H,4-7,10-12,14H2,1-3H3. The first-order valence-corrected chi connectivity index (χ1v) is 11.9. The Balaban J connectivity index is 1.76. The number of carbonyl (C=O) groups is 1. The summed E-state index contributed by atoms with van der Waals surface area (Å²) in [5.41, 5.74) is 0.108. The fourth-order valence-corrected chi connectivity index (χ4v) is 5.13. The lowest BCUT2D eigenvalue weighted by molar-refractivity contribution is 0.0429. The number of hydrogen-bond donors (Lipinski definition) is 0. The molecule has 170 valence electrons. The summed E-state index contributed by atoms with van der Waals surface area (Å²) < 4.78 is 43.5. The Morgan fingerprint density at radius 1 is 1.19 bits per heavy atom. The van der Waals surface area contributed by atoms with Gasteiger partial charge in [0.25, 0.3) is 5.89 Å². The van der Waals surface area contributed by atoms with Crippen molar-refractivity contribution in [1.82, 2.24) is 14.4 Å². The van der Waals surface area contributed by atoms with Crippen LogP contribution in [0.15, 0.2) is 27.6 Å². The molecule has 2 aromatic rings. The maximum absolute atomic E-state index is 13.2. The van der Waals surface area contributed by atoms with Gasteiger partial charge in [-0.1, -0.05) is 31.8 Å². The average molecular weight is 452 g/mol. The van der Waals surface area contributed by atoms with Gasteiger partial charge in [-0.05, 0) is 37.0 Å². The summed E-state index contributed by atoms with van der Waals surface area (Å²) >= 11 is 0. The van der Waals surface area contributed by atoms with Gasteiger partial charge in [-0.3, -0.25) is 0 Å². The van der Waals surface area contributed by atoms with E-state index in [1.165, 1.54) is 29.6 Å². The average Bonchev–Trinajstić information content (AvgIpc) is 3.00. The summed E-state index contributed by atoms with van der Waals surface area (Å²) in [4.78, 5) is 16.7. The summed E-state index contributed by atoms with van der Waals surface area (Å²) in [5, 5.41) is 3.86. The molecule has 0 amide bonds. The van der Waals surface area contributed by atoms with Crippen molar-refractivity contribution in [3.8, 4) is 5.75 Å². The minimum Gasteiger partial charge on any atom is -0.495 e. The number of sulfonamides is 1. The van der Waals surface area contributed by atoms with Crippen molar-refractivity contribution in [3.63, 3.8) is 0 Å². The second-order valence-electron chi connectivity index (χ2n) is 7.96. The zero-order valence-corrected chi connectivity index (χ0v) is 19.0. The zero-order chi connectivity index (χ0) is 22.4. The van der Waals surface area contributed by atoms with Crippen molar-refractivity contribution < 1.29 is 27.2 Å². The number of hydrogen-bond acceptors (Lipinski definition) is 8. The van der Waals surface area contributed by atoms with Crippen LogP contribution >= 0.6 is 0 Å². The highest BCUT2D eigenvalue weighted by atomic mass is 32.2. The molecule has 0 unspecified atom stereocenters. The Kier molecular flexibility index (Phi) is 7.66. The first-order chi connectivity index (χ1) is 14.8. The topological polar surface area (TPSA) is 112 Å². The van der Waals surface area contributed by atoms with Crippen molar-refractivity contribution in [2.24, 2.45) is 5.92 Å². The molecule has 0 aliphatic carbocycles. The van der Waals surface area contributed by atoms with Crippen LogP contribution in [0.2, 0.25) is 0 Å². The van der Waals surface area contributed by atoms with Crippen LogP contribution in [-0.2, 0) is 27.8 Å². The van der Waals surface area contributed by atoms with E-state index in [4.69, 9.17) is 14.0 Å². The van der Waals surface area contributed by atoms with Crippen molar-refractivity contribution in [2.75, 3.05) is 20.2 Å². The molecule has 1 aliphatic rings. The number of esters is 1. The monoisotopic (exact) mass is 451 g/mol. The second kappa shape index (κ2) is 10.2. The summed E-state index contributed by atoms with van der Waals surface area (Å²) in [6, 6.07) is 4.24. The Labute approximate surface area is 182 Å². The highest BCUT2D eigenvalue weighted by Gasteiger charge is 2.29. The molecule has 1 fully saturated rings. The largest absolute Gasteiger partial charge is 0.495 e. The van der Waals surface area contributed by atoms with Gasteiger partial charge in [0.2, 0.25) is 10.0 Å². The molecule has 0 atom stereocenters. The Bertz CT molecular complexity index is 994. The van der Waals surface area contributed by atoms with E-state index in [1.807, 2.05) is 13.8 Å². The molecule has 1 saturated heterocycles. The summed E-state index contributed by atoms with van der Waals surface area (Å²) in [6.45, 7) is 4.80. The quantitative estimate of drug-likeness (QED) is 0.563. The first-order valence-electron chi connectivity index (χ1n) is 10.5. The lowest BCUT2D eigenvalue weighted by Crippen LogP contribution is -2.32. The summed E-state index contributed by atoms with van der Waals surface area (Å²) in [7, 11) is -2.40. The highest BCUT2D eigenvalue weighted by molar-refractivity contribution is 7.89. The normalized spacial score (nSPS) is 15.6. The van der Waals surface area contributed by atoms with Gasteiger partial charge in [0.05, 0.1) is 12.7 Å². The molecule has 1 aliphatic heterocycles. The molecule has 31 heavy (non-hydrogen) atoms. The number of benzene rings is 1. The van der Waals surface area contributed by atoms with E-state index in [2.05, 4.69) is 10.1 Å². The number of rotatable bonds is 8. The minimum absolute atomic E-state index is 0.0386. The molecule has 9 nitrogen and oxygen atoms in total. The Morgan fingerprint density at radius 3 is 2.55 bits per heavy atom. The maximum Gasteiger partial charge on any atom is 0.338 e. The van der Waals surface area contributed by atoms with E-state index < -0.39 is 16.0 Å². The van der Waals surface area contributed by atoms with Crippen molar-refractivity contribution >= 4 is 16.0 Å². The Hall–Kier alpha value is -2.46. The molecular formula is C21H29N3O6S. The van der Waals surface area contributed by atoms with Crippen LogP contribution in [0.25, 0.3) is 0 Å². The van der Waals surface area contributed by atoms with E-state index in [0.717, 1.165) is 25.7 Å². The number of nitrogens with zero attached hydrogens (tertiary/aromatic N) is 3. The smallest absolute Gasteiger partial charge is 0.338 e. The predicted octanol–water partition coefficient (Wildman–Crippen LogP) is 3.20. The van der Waals surface area contributed by atoms with Gasteiger partial charge >= 0.3 is 5.97 Å². The second-order valence-corrected chi connectivity index (χ2v) is 9.87. The summed E-state index contributed by atoms with van der Waals surface area (Å²) in [6.07, 6.45) is 4.29. The van der Waals surface area contributed by atoms with Crippen LogP contribution in [0.3, 0.4) is 0 Å². The molecule has 1 aromatic heterocycles. The van der Waals surface area contributed by atoms with Gasteiger partial charge in [-0.25, -0.2) is 13.2 Å². The molecule has 0 spiro atoms. The molecular weight excluding hydrogens is 422 g/mol. The van der Waals surface area contributed by atoms with Crippen LogP contribution in [-0.4, -0.2) is 49.0 Å². The van der Waals surface area contributed by atoms with Gasteiger partial charge < -0.3 is 14.0 Å². The third-order valence-electron chi connectivity index (χ3n) is 5.01. The van der Waals surface area contributed by atoms with E-state index >= 15 is 0 Å². The van der Waals surface area contributed by atoms with E-state index in [9.17, 15) is 13.2 Å². The van der Waals surface area contributed by atoms with Crippen LogP contribution in [0.5, 0.6) is 5.75 Å². The SMILES string of the molecule is COc1ccc(C(=O)OCc2nc(CC(C)C)no2)cc1S(=O)(=O)N1CCCCCC1. The maximum atomic E-state index is 13.2. The third-order valence-corrected chi connectivity index (χ3v) is 6.93. The third kappa shape index (κ3) is 5.82. The lowest BCUT2D eigenvalue weighted by atomic mass is 10.1. The lowest BCUT2D eigenvalue weighted by Gasteiger charge is -2.21. The van der Waals surface area contributed by atoms with Crippen LogP contribution in [0.1, 0.15) is 61.6 Å². The fourth-order valence-electron chi connectivity index (χ4n) is 3.43. The van der Waals surface area contributed by atoms with Crippen LogP contribution in [0.4, 0.5) is 0 Å². The van der Waals surface area contributed by atoms with Crippen molar-refractivity contribution in [1.29, 1.82) is 0 Å². The number of ether oxygens (including phenoxy) is 2. The minimum atomic E-state index is -3.80. The number of carbonyl (C=O) groups excluding carboxylic acids is 1. The van der Waals surface area contributed by atoms with Crippen molar-refractivity contribution in [3.05, 3.63) is 35.5 Å². The van der Waals surface area contributed by atoms with Gasteiger partial charge in [0, 0.05) is 19.5 Å².